The predicted octanol–water partition coefficient (Wildman–Crippen LogP) is 3.84. The normalized spacial score (nSPS) is 15.1. The monoisotopic (exact) mass is 389 g/mol. The van der Waals surface area contributed by atoms with Gasteiger partial charge in [0.1, 0.15) is 12.7 Å². The minimum Gasteiger partial charge on any atom is -0.504 e. The number of aromatic hydroxyl groups is 1. The van der Waals surface area contributed by atoms with Crippen LogP contribution < -0.4 is 4.74 Å². The van der Waals surface area contributed by atoms with Gasteiger partial charge in [0.15, 0.2) is 11.5 Å². The van der Waals surface area contributed by atoms with Gasteiger partial charge in [-0.2, -0.15) is 0 Å². The van der Waals surface area contributed by atoms with E-state index >= 15 is 0 Å². The minimum atomic E-state index is -1.03. The smallest absolute Gasteiger partial charge is 0.251 e. The Bertz CT molecular complexity index is 837. The number of hydrogen-bond donors (Lipinski definition) is 2. The Labute approximate surface area is 164 Å². The van der Waals surface area contributed by atoms with Crippen molar-refractivity contribution in [3.8, 4) is 22.6 Å². The number of carbonyl (C=O) groups excluding carboxylic acids is 1. The summed E-state index contributed by atoms with van der Waals surface area (Å²) < 4.78 is 5.68. The van der Waals surface area contributed by atoms with Crippen molar-refractivity contribution in [3.05, 3.63) is 47.0 Å². The van der Waals surface area contributed by atoms with E-state index in [-0.39, 0.29) is 30.7 Å². The highest BCUT2D eigenvalue weighted by atomic mass is 35.5. The fourth-order valence-corrected chi connectivity index (χ4v) is 3.47. The van der Waals surface area contributed by atoms with Crippen LogP contribution in [-0.4, -0.2) is 40.3 Å². The third-order valence-electron chi connectivity index (χ3n) is 4.56. The van der Waals surface area contributed by atoms with E-state index in [1.807, 2.05) is 38.1 Å². The van der Waals surface area contributed by atoms with Gasteiger partial charge in [-0.3, -0.25) is 4.79 Å². The predicted molar refractivity (Wildman–Crippen MR) is 105 cm³/mol. The Morgan fingerprint density at radius 3 is 2.74 bits per heavy atom. The highest BCUT2D eigenvalue weighted by Gasteiger charge is 2.27. The lowest BCUT2D eigenvalue weighted by Crippen LogP contribution is -2.40. The lowest BCUT2D eigenvalue weighted by Gasteiger charge is -2.24. The molecule has 0 saturated carbocycles. The van der Waals surface area contributed by atoms with Gasteiger partial charge >= 0.3 is 0 Å². The summed E-state index contributed by atoms with van der Waals surface area (Å²) in [5.74, 6) is 0.319. The number of nitrogens with zero attached hydrogens (tertiary/aromatic N) is 1. The van der Waals surface area contributed by atoms with Crippen molar-refractivity contribution in [2.75, 3.05) is 13.2 Å². The number of fused-ring (bicyclic) bond motifs is 1. The lowest BCUT2D eigenvalue weighted by molar-refractivity contribution is -0.141. The van der Waals surface area contributed by atoms with Gasteiger partial charge in [0.25, 0.3) is 5.91 Å². The van der Waals surface area contributed by atoms with E-state index in [9.17, 15) is 15.0 Å². The first-order chi connectivity index (χ1) is 12.8. The lowest BCUT2D eigenvalue weighted by atomic mass is 10.0. The molecule has 0 radical (unpaired) electrons. The van der Waals surface area contributed by atoms with Gasteiger partial charge in [-0.25, -0.2) is 0 Å². The summed E-state index contributed by atoms with van der Waals surface area (Å²) in [6.07, 6.45) is -0.618. The molecule has 0 fully saturated rings. The molecule has 27 heavy (non-hydrogen) atoms. The summed E-state index contributed by atoms with van der Waals surface area (Å²) in [6, 6.07) is 10.9. The number of benzene rings is 2. The van der Waals surface area contributed by atoms with Crippen molar-refractivity contribution in [2.45, 2.75) is 32.9 Å². The molecule has 1 amide bonds. The third-order valence-corrected chi connectivity index (χ3v) is 4.80. The molecule has 1 atom stereocenters. The number of ether oxygens (including phenoxy) is 1. The molecule has 0 aromatic heterocycles. The number of hydrogen-bond acceptors (Lipinski definition) is 4. The second-order valence-electron chi connectivity index (χ2n) is 7.25. The number of carbonyl (C=O) groups is 1. The Hall–Kier alpha value is -2.24. The molecule has 0 saturated heterocycles. The average molecular weight is 390 g/mol. The maximum Gasteiger partial charge on any atom is 0.251 e. The van der Waals surface area contributed by atoms with Crippen LogP contribution in [0.4, 0.5) is 0 Å². The first-order valence-corrected chi connectivity index (χ1v) is 9.44. The third kappa shape index (κ3) is 4.54. The average Bonchev–Trinajstić information content (AvgIpc) is 2.83. The molecule has 1 aliphatic heterocycles. The fraction of sp³-hybridized carbons (Fsp3) is 0.381. The summed E-state index contributed by atoms with van der Waals surface area (Å²) in [4.78, 5) is 14.2. The molecule has 2 aromatic carbocycles. The second-order valence-corrected chi connectivity index (χ2v) is 7.68. The number of halogens is 1. The zero-order valence-corrected chi connectivity index (χ0v) is 16.2. The summed E-state index contributed by atoms with van der Waals surface area (Å²) in [5.41, 5.74) is 2.35. The maximum absolute atomic E-state index is 12.6. The first-order valence-electron chi connectivity index (χ1n) is 9.06. The van der Waals surface area contributed by atoms with Crippen LogP contribution in [0.25, 0.3) is 11.1 Å². The Balaban J connectivity index is 1.91. The molecular weight excluding hydrogens is 366 g/mol. The molecule has 2 aromatic rings. The van der Waals surface area contributed by atoms with Crippen molar-refractivity contribution in [1.82, 2.24) is 4.90 Å². The molecule has 5 nitrogen and oxygen atoms in total. The molecule has 1 heterocycles. The van der Waals surface area contributed by atoms with Crippen LogP contribution in [0.3, 0.4) is 0 Å². The molecule has 0 unspecified atom stereocenters. The molecule has 0 aliphatic carbocycles. The summed E-state index contributed by atoms with van der Waals surface area (Å²) >= 11 is 6.08. The van der Waals surface area contributed by atoms with Crippen molar-refractivity contribution in [3.63, 3.8) is 0 Å². The molecular formula is C21H24ClNO4. The zero-order chi connectivity index (χ0) is 19.6. The van der Waals surface area contributed by atoms with Crippen LogP contribution in [0.5, 0.6) is 11.5 Å². The van der Waals surface area contributed by atoms with Gasteiger partial charge in [-0.15, -0.1) is 0 Å². The van der Waals surface area contributed by atoms with Gasteiger partial charge in [0, 0.05) is 17.1 Å². The van der Waals surface area contributed by atoms with Crippen LogP contribution in [0.15, 0.2) is 36.4 Å². The van der Waals surface area contributed by atoms with Crippen LogP contribution in [0.1, 0.15) is 25.8 Å². The fourth-order valence-electron chi connectivity index (χ4n) is 3.28. The summed E-state index contributed by atoms with van der Waals surface area (Å²) in [6.45, 7) is 4.82. The number of aliphatic hydroxyl groups excluding tert-OH is 1. The maximum atomic E-state index is 12.6. The highest BCUT2D eigenvalue weighted by Crippen LogP contribution is 2.38. The van der Waals surface area contributed by atoms with Gasteiger partial charge in [0.05, 0.1) is 6.54 Å². The van der Waals surface area contributed by atoms with E-state index in [4.69, 9.17) is 16.3 Å². The minimum absolute atomic E-state index is 0.0273. The van der Waals surface area contributed by atoms with Gasteiger partial charge in [0.2, 0.25) is 0 Å². The van der Waals surface area contributed by atoms with Crippen molar-refractivity contribution in [2.24, 2.45) is 5.92 Å². The van der Waals surface area contributed by atoms with Gasteiger partial charge in [-0.05, 0) is 47.7 Å². The Morgan fingerprint density at radius 2 is 2.04 bits per heavy atom. The standard InChI is InChI=1S/C21H24ClNO4/c1-13(2)8-19(25)21(26)23-6-7-27-20-16(12-23)9-15(11-18(20)24)14-4-3-5-17(22)10-14/h3-5,9-11,13,19,24-25H,6-8,12H2,1-2H3/t19-/m1/s1. The first kappa shape index (κ1) is 19.5. The number of phenolic OH excluding ortho intramolecular Hbond substituents is 1. The molecule has 0 bridgehead atoms. The summed E-state index contributed by atoms with van der Waals surface area (Å²) in [7, 11) is 0. The Morgan fingerprint density at radius 1 is 1.26 bits per heavy atom. The molecule has 1 aliphatic rings. The van der Waals surface area contributed by atoms with E-state index in [1.165, 1.54) is 0 Å². The number of aliphatic hydroxyl groups is 1. The van der Waals surface area contributed by atoms with E-state index in [2.05, 4.69) is 0 Å². The number of rotatable bonds is 4. The van der Waals surface area contributed by atoms with Gasteiger partial charge < -0.3 is 19.8 Å². The number of phenols is 1. The van der Waals surface area contributed by atoms with E-state index in [0.29, 0.717) is 29.3 Å². The Kier molecular flexibility index (Phi) is 5.92. The number of amides is 1. The molecule has 2 N–H and O–H groups in total. The van der Waals surface area contributed by atoms with Crippen LogP contribution in [0.2, 0.25) is 5.02 Å². The van der Waals surface area contributed by atoms with E-state index in [1.54, 1.807) is 17.0 Å². The summed E-state index contributed by atoms with van der Waals surface area (Å²) in [5, 5.41) is 21.2. The largest absolute Gasteiger partial charge is 0.504 e. The van der Waals surface area contributed by atoms with Crippen molar-refractivity contribution >= 4 is 17.5 Å². The van der Waals surface area contributed by atoms with E-state index < -0.39 is 6.10 Å². The molecule has 6 heteroatoms. The topological polar surface area (TPSA) is 70.0 Å². The SMILES string of the molecule is CC(C)C[C@@H](O)C(=O)N1CCOc2c(O)cc(-c3cccc(Cl)c3)cc2C1. The van der Waals surface area contributed by atoms with Crippen LogP contribution in [-0.2, 0) is 11.3 Å². The zero-order valence-electron chi connectivity index (χ0n) is 15.5. The van der Waals surface area contributed by atoms with Gasteiger partial charge in [-0.1, -0.05) is 37.6 Å². The molecule has 3 rings (SSSR count). The second kappa shape index (κ2) is 8.19. The highest BCUT2D eigenvalue weighted by molar-refractivity contribution is 6.30. The van der Waals surface area contributed by atoms with Crippen LogP contribution >= 0.6 is 11.6 Å². The quantitative estimate of drug-likeness (QED) is 0.833. The molecule has 144 valence electrons. The van der Waals surface area contributed by atoms with E-state index in [0.717, 1.165) is 11.1 Å². The molecule has 0 spiro atoms. The van der Waals surface area contributed by atoms with Crippen molar-refractivity contribution < 1.29 is 19.7 Å². The van der Waals surface area contributed by atoms with Crippen molar-refractivity contribution in [1.29, 1.82) is 0 Å². The van der Waals surface area contributed by atoms with Crippen LogP contribution in [0, 0.1) is 5.92 Å².